The Labute approximate surface area is 127 Å². The van der Waals surface area contributed by atoms with Gasteiger partial charge in [0.2, 0.25) is 0 Å². The summed E-state index contributed by atoms with van der Waals surface area (Å²) in [5, 5.41) is 20.5. The third-order valence-corrected chi connectivity index (χ3v) is 3.33. The van der Waals surface area contributed by atoms with Crippen molar-refractivity contribution in [2.75, 3.05) is 5.32 Å². The van der Waals surface area contributed by atoms with Crippen molar-refractivity contribution in [3.05, 3.63) is 52.6 Å². The third-order valence-electron chi connectivity index (χ3n) is 3.00. The van der Waals surface area contributed by atoms with Gasteiger partial charge in [-0.3, -0.25) is 4.98 Å². The third kappa shape index (κ3) is 3.37. The Kier molecular flexibility index (Phi) is 4.25. The Bertz CT molecular complexity index is 683. The van der Waals surface area contributed by atoms with Gasteiger partial charge >= 0.3 is 0 Å². The maximum absolute atomic E-state index is 13.9. The number of nitrogens with one attached hydrogen (secondary N) is 2. The lowest BCUT2D eigenvalue weighted by Crippen LogP contribution is -2.16. The number of benzene rings is 1. The summed E-state index contributed by atoms with van der Waals surface area (Å²) in [6, 6.07) is 4.29. The van der Waals surface area contributed by atoms with Gasteiger partial charge < -0.3 is 15.8 Å². The van der Waals surface area contributed by atoms with Gasteiger partial charge in [-0.15, -0.1) is 0 Å². The minimum absolute atomic E-state index is 0.104. The van der Waals surface area contributed by atoms with Gasteiger partial charge in [0.15, 0.2) is 0 Å². The first kappa shape index (κ1) is 15.4. The molecule has 1 aromatic carbocycles. The van der Waals surface area contributed by atoms with Crippen LogP contribution in [0.3, 0.4) is 0 Å². The molecule has 0 saturated heterocycles. The smallest absolute Gasteiger partial charge is 0.147 e. The van der Waals surface area contributed by atoms with Gasteiger partial charge in [-0.25, -0.2) is 4.39 Å². The molecule has 2 aromatic rings. The van der Waals surface area contributed by atoms with E-state index in [1.807, 2.05) is 0 Å². The Morgan fingerprint density at radius 3 is 2.71 bits per heavy atom. The first-order valence-electron chi connectivity index (χ1n) is 6.26. The molecule has 1 heterocycles. The number of halogens is 2. The average molecular weight is 308 g/mol. The van der Waals surface area contributed by atoms with Crippen molar-refractivity contribution in [3.63, 3.8) is 0 Å². The first-order chi connectivity index (χ1) is 9.82. The van der Waals surface area contributed by atoms with E-state index in [0.29, 0.717) is 11.3 Å². The second-order valence-corrected chi connectivity index (χ2v) is 5.52. The van der Waals surface area contributed by atoms with Crippen LogP contribution in [0.4, 0.5) is 15.8 Å². The van der Waals surface area contributed by atoms with Crippen LogP contribution in [-0.2, 0) is 5.60 Å². The lowest BCUT2D eigenvalue weighted by Gasteiger charge is -2.19. The normalized spacial score (nSPS) is 11.3. The van der Waals surface area contributed by atoms with Crippen LogP contribution < -0.4 is 5.32 Å². The Morgan fingerprint density at radius 2 is 2.10 bits per heavy atom. The molecular weight excluding hydrogens is 293 g/mol. The summed E-state index contributed by atoms with van der Waals surface area (Å²) in [6.07, 6.45) is 4.03. The van der Waals surface area contributed by atoms with E-state index in [1.165, 1.54) is 24.5 Å². The van der Waals surface area contributed by atoms with Gasteiger partial charge in [-0.2, -0.15) is 0 Å². The largest absolute Gasteiger partial charge is 0.386 e. The first-order valence-corrected chi connectivity index (χ1v) is 6.64. The molecule has 4 nitrogen and oxygen atoms in total. The quantitative estimate of drug-likeness (QED) is 0.752. The fourth-order valence-corrected chi connectivity index (χ4v) is 2.03. The second-order valence-electron chi connectivity index (χ2n) is 5.11. The van der Waals surface area contributed by atoms with Gasteiger partial charge in [-0.05, 0) is 32.0 Å². The van der Waals surface area contributed by atoms with E-state index >= 15 is 0 Å². The molecule has 110 valence electrons. The number of nitrogens with zero attached hydrogens (tertiary/aromatic N) is 1. The molecule has 0 radical (unpaired) electrons. The van der Waals surface area contributed by atoms with Crippen molar-refractivity contribution in [1.29, 1.82) is 5.41 Å². The minimum Gasteiger partial charge on any atom is -0.386 e. The van der Waals surface area contributed by atoms with Crippen LogP contribution in [-0.4, -0.2) is 16.3 Å². The number of aromatic nitrogens is 1. The van der Waals surface area contributed by atoms with Crippen LogP contribution >= 0.6 is 11.6 Å². The summed E-state index contributed by atoms with van der Waals surface area (Å²) < 4.78 is 13.9. The number of aliphatic hydroxyl groups is 1. The summed E-state index contributed by atoms with van der Waals surface area (Å²) in [4.78, 5) is 4.02. The Balaban J connectivity index is 2.44. The topological polar surface area (TPSA) is 69.0 Å². The average Bonchev–Trinajstić information content (AvgIpc) is 2.43. The lowest BCUT2D eigenvalue weighted by molar-refractivity contribution is 0.0783. The van der Waals surface area contributed by atoms with Crippen LogP contribution in [0.25, 0.3) is 0 Å². The minimum atomic E-state index is -1.05. The molecule has 0 bridgehead atoms. The highest BCUT2D eigenvalue weighted by atomic mass is 35.5. The van der Waals surface area contributed by atoms with E-state index in [1.54, 1.807) is 19.9 Å². The molecule has 3 N–H and O–H groups in total. The van der Waals surface area contributed by atoms with Crippen molar-refractivity contribution in [2.45, 2.75) is 19.4 Å². The van der Waals surface area contributed by atoms with Crippen LogP contribution in [0.1, 0.15) is 25.0 Å². The molecule has 0 fully saturated rings. The van der Waals surface area contributed by atoms with Crippen LogP contribution in [0.15, 0.2) is 30.6 Å². The van der Waals surface area contributed by atoms with Crippen molar-refractivity contribution < 1.29 is 9.50 Å². The summed E-state index contributed by atoms with van der Waals surface area (Å²) in [5.74, 6) is -0.522. The highest BCUT2D eigenvalue weighted by Gasteiger charge is 2.17. The molecule has 0 saturated carbocycles. The van der Waals surface area contributed by atoms with E-state index in [2.05, 4.69) is 10.3 Å². The van der Waals surface area contributed by atoms with Crippen molar-refractivity contribution >= 4 is 29.2 Å². The lowest BCUT2D eigenvalue weighted by atomic mass is 10.0. The fourth-order valence-electron chi connectivity index (χ4n) is 1.82. The molecule has 0 unspecified atom stereocenters. The molecule has 0 atom stereocenters. The monoisotopic (exact) mass is 307 g/mol. The van der Waals surface area contributed by atoms with Gasteiger partial charge in [0.05, 0.1) is 28.2 Å². The highest BCUT2D eigenvalue weighted by molar-refractivity contribution is 6.33. The molecule has 1 aromatic heterocycles. The van der Waals surface area contributed by atoms with Crippen molar-refractivity contribution in [3.8, 4) is 0 Å². The number of rotatable bonds is 4. The van der Waals surface area contributed by atoms with E-state index < -0.39 is 11.4 Å². The SMILES string of the molecule is CC(C)(O)c1cncc(Nc2c(F)ccc(Cl)c2C=N)c1. The second kappa shape index (κ2) is 5.79. The number of anilines is 2. The zero-order valence-corrected chi connectivity index (χ0v) is 12.4. The Morgan fingerprint density at radius 1 is 1.38 bits per heavy atom. The van der Waals surface area contributed by atoms with E-state index in [4.69, 9.17) is 17.0 Å². The summed E-state index contributed by atoms with van der Waals surface area (Å²) in [6.45, 7) is 3.27. The number of hydrogen-bond donors (Lipinski definition) is 3. The molecule has 0 aliphatic carbocycles. The molecule has 2 rings (SSSR count). The predicted octanol–water partition coefficient (Wildman–Crippen LogP) is 3.84. The molecule has 6 heteroatoms. The zero-order valence-electron chi connectivity index (χ0n) is 11.6. The summed E-state index contributed by atoms with van der Waals surface area (Å²) in [5.41, 5.74) is 0.393. The maximum atomic E-state index is 13.9. The van der Waals surface area contributed by atoms with Gasteiger partial charge in [0.1, 0.15) is 5.82 Å². The van der Waals surface area contributed by atoms with Crippen molar-refractivity contribution in [2.24, 2.45) is 0 Å². The summed E-state index contributed by atoms with van der Waals surface area (Å²) >= 11 is 5.96. The molecule has 0 aliphatic heterocycles. The van der Waals surface area contributed by atoms with E-state index in [9.17, 15) is 9.50 Å². The molecule has 0 spiro atoms. The standard InChI is InChI=1S/C15H15ClFN3O/c1-15(2,21)9-5-10(8-19-7-9)20-14-11(6-18)12(16)3-4-13(14)17/h3-8,18,20-21H,1-2H3. The van der Waals surface area contributed by atoms with Crippen LogP contribution in [0.5, 0.6) is 0 Å². The van der Waals surface area contributed by atoms with E-state index in [-0.39, 0.29) is 16.3 Å². The van der Waals surface area contributed by atoms with Gasteiger partial charge in [0.25, 0.3) is 0 Å². The molecule has 21 heavy (non-hydrogen) atoms. The molecule has 0 aliphatic rings. The fraction of sp³-hybridized carbons (Fsp3) is 0.200. The molecular formula is C15H15ClFN3O. The maximum Gasteiger partial charge on any atom is 0.147 e. The zero-order chi connectivity index (χ0) is 15.6. The van der Waals surface area contributed by atoms with E-state index in [0.717, 1.165) is 6.21 Å². The number of pyridine rings is 1. The predicted molar refractivity (Wildman–Crippen MR) is 82.1 cm³/mol. The van der Waals surface area contributed by atoms with Crippen LogP contribution in [0, 0.1) is 11.2 Å². The van der Waals surface area contributed by atoms with Crippen molar-refractivity contribution in [1.82, 2.24) is 4.98 Å². The molecule has 0 amide bonds. The number of hydrogen-bond acceptors (Lipinski definition) is 4. The van der Waals surface area contributed by atoms with Gasteiger partial charge in [-0.1, -0.05) is 11.6 Å². The Hall–Kier alpha value is -1.98. The van der Waals surface area contributed by atoms with Crippen LogP contribution in [0.2, 0.25) is 5.02 Å². The summed E-state index contributed by atoms with van der Waals surface area (Å²) in [7, 11) is 0. The van der Waals surface area contributed by atoms with Gasteiger partial charge in [0, 0.05) is 23.5 Å². The highest BCUT2D eigenvalue weighted by Crippen LogP contribution is 2.30.